The number of ether oxygens (including phenoxy) is 2. The molecule has 20 heavy (non-hydrogen) atoms. The lowest BCUT2D eigenvalue weighted by atomic mass is 10.2. The summed E-state index contributed by atoms with van der Waals surface area (Å²) in [5.41, 5.74) is -0.535. The van der Waals surface area contributed by atoms with E-state index in [0.717, 1.165) is 6.42 Å². The van der Waals surface area contributed by atoms with Crippen LogP contribution in [-0.2, 0) is 19.1 Å². The molecule has 0 radical (unpaired) electrons. The number of nitrogens with one attached hydrogen (secondary N) is 2. The summed E-state index contributed by atoms with van der Waals surface area (Å²) in [6.07, 6.45) is 0.544. The third-order valence-electron chi connectivity index (χ3n) is 2.73. The Labute approximate surface area is 118 Å². The van der Waals surface area contributed by atoms with Crippen LogP contribution in [0.5, 0.6) is 0 Å². The normalized spacial score (nSPS) is 20.8. The van der Waals surface area contributed by atoms with Gasteiger partial charge in [-0.2, -0.15) is 0 Å². The SMILES string of the molecule is COC(=O)CNC(=O)CC1CC1NC(=O)OC(C)(C)C. The van der Waals surface area contributed by atoms with Crippen molar-refractivity contribution >= 4 is 18.0 Å². The van der Waals surface area contributed by atoms with Crippen molar-refractivity contribution in [2.45, 2.75) is 45.3 Å². The van der Waals surface area contributed by atoms with E-state index < -0.39 is 17.7 Å². The number of carbonyl (C=O) groups excluding carboxylic acids is 3. The Morgan fingerprint density at radius 2 is 1.90 bits per heavy atom. The first-order chi connectivity index (χ1) is 9.21. The van der Waals surface area contributed by atoms with Crippen molar-refractivity contribution in [2.75, 3.05) is 13.7 Å². The molecular formula is C13H22N2O5. The van der Waals surface area contributed by atoms with Crippen molar-refractivity contribution in [3.05, 3.63) is 0 Å². The predicted octanol–water partition coefficient (Wildman–Crippen LogP) is 0.579. The van der Waals surface area contributed by atoms with E-state index in [2.05, 4.69) is 15.4 Å². The van der Waals surface area contributed by atoms with Crippen LogP contribution in [-0.4, -0.2) is 43.3 Å². The minimum absolute atomic E-state index is 0.0336. The van der Waals surface area contributed by atoms with Crippen LogP contribution >= 0.6 is 0 Å². The molecule has 1 rings (SSSR count). The molecule has 0 aromatic heterocycles. The minimum Gasteiger partial charge on any atom is -0.468 e. The summed E-state index contributed by atoms with van der Waals surface area (Å²) in [7, 11) is 1.26. The molecule has 0 aromatic carbocycles. The summed E-state index contributed by atoms with van der Waals surface area (Å²) < 4.78 is 9.54. The van der Waals surface area contributed by atoms with E-state index in [1.807, 2.05) is 0 Å². The highest BCUT2D eigenvalue weighted by Gasteiger charge is 2.40. The number of rotatable bonds is 5. The Balaban J connectivity index is 2.18. The van der Waals surface area contributed by atoms with Crippen LogP contribution in [0.1, 0.15) is 33.6 Å². The third-order valence-corrected chi connectivity index (χ3v) is 2.73. The molecule has 2 amide bonds. The fourth-order valence-corrected chi connectivity index (χ4v) is 1.66. The maximum absolute atomic E-state index is 11.5. The van der Waals surface area contributed by atoms with Gasteiger partial charge in [-0.05, 0) is 33.1 Å². The topological polar surface area (TPSA) is 93.7 Å². The van der Waals surface area contributed by atoms with Crippen molar-refractivity contribution in [3.63, 3.8) is 0 Å². The van der Waals surface area contributed by atoms with E-state index >= 15 is 0 Å². The van der Waals surface area contributed by atoms with Crippen molar-refractivity contribution in [2.24, 2.45) is 5.92 Å². The third kappa shape index (κ3) is 6.40. The van der Waals surface area contributed by atoms with Crippen LogP contribution < -0.4 is 10.6 Å². The van der Waals surface area contributed by atoms with E-state index in [9.17, 15) is 14.4 Å². The van der Waals surface area contributed by atoms with Gasteiger partial charge < -0.3 is 20.1 Å². The molecule has 2 unspecified atom stereocenters. The smallest absolute Gasteiger partial charge is 0.407 e. The molecule has 1 fully saturated rings. The van der Waals surface area contributed by atoms with Crippen LogP contribution in [0.2, 0.25) is 0 Å². The number of hydrogen-bond donors (Lipinski definition) is 2. The summed E-state index contributed by atoms with van der Waals surface area (Å²) in [6, 6.07) is -0.0336. The molecule has 0 saturated heterocycles. The van der Waals surface area contributed by atoms with Crippen molar-refractivity contribution in [3.8, 4) is 0 Å². The van der Waals surface area contributed by atoms with Gasteiger partial charge in [0.25, 0.3) is 0 Å². The van der Waals surface area contributed by atoms with E-state index in [1.165, 1.54) is 7.11 Å². The highest BCUT2D eigenvalue weighted by molar-refractivity contribution is 5.82. The molecule has 0 aliphatic heterocycles. The van der Waals surface area contributed by atoms with E-state index in [4.69, 9.17) is 4.74 Å². The number of amides is 2. The lowest BCUT2D eigenvalue weighted by molar-refractivity contribution is -0.141. The molecule has 114 valence electrons. The first-order valence-corrected chi connectivity index (χ1v) is 6.54. The number of alkyl carbamates (subject to hydrolysis) is 1. The van der Waals surface area contributed by atoms with Gasteiger partial charge in [0.1, 0.15) is 12.1 Å². The minimum atomic E-state index is -0.535. The zero-order valence-corrected chi connectivity index (χ0v) is 12.3. The summed E-state index contributed by atoms with van der Waals surface area (Å²) >= 11 is 0. The van der Waals surface area contributed by atoms with Crippen molar-refractivity contribution < 1.29 is 23.9 Å². The maximum Gasteiger partial charge on any atom is 0.407 e. The fourth-order valence-electron chi connectivity index (χ4n) is 1.66. The van der Waals surface area contributed by atoms with Gasteiger partial charge in [-0.3, -0.25) is 9.59 Å². The largest absolute Gasteiger partial charge is 0.468 e. The van der Waals surface area contributed by atoms with Crippen LogP contribution in [0.15, 0.2) is 0 Å². The van der Waals surface area contributed by atoms with Crippen LogP contribution in [0.25, 0.3) is 0 Å². The van der Waals surface area contributed by atoms with Gasteiger partial charge in [0, 0.05) is 12.5 Å². The van der Waals surface area contributed by atoms with Gasteiger partial charge in [-0.1, -0.05) is 0 Å². The molecule has 1 aliphatic carbocycles. The van der Waals surface area contributed by atoms with Crippen LogP contribution in [0.3, 0.4) is 0 Å². The zero-order valence-electron chi connectivity index (χ0n) is 12.3. The van der Waals surface area contributed by atoms with E-state index in [-0.39, 0.29) is 30.8 Å². The first kappa shape index (κ1) is 16.3. The van der Waals surface area contributed by atoms with E-state index in [1.54, 1.807) is 20.8 Å². The highest BCUT2D eigenvalue weighted by Crippen LogP contribution is 2.33. The Morgan fingerprint density at radius 3 is 2.45 bits per heavy atom. The molecule has 0 aromatic rings. The highest BCUT2D eigenvalue weighted by atomic mass is 16.6. The second-order valence-electron chi connectivity index (χ2n) is 5.81. The average molecular weight is 286 g/mol. The number of carbonyl (C=O) groups is 3. The number of hydrogen-bond acceptors (Lipinski definition) is 5. The van der Waals surface area contributed by atoms with Crippen molar-refractivity contribution in [1.82, 2.24) is 10.6 Å². The summed E-state index contributed by atoms with van der Waals surface area (Å²) in [5, 5.41) is 5.17. The van der Waals surface area contributed by atoms with Crippen LogP contribution in [0.4, 0.5) is 4.79 Å². The second kappa shape index (κ2) is 6.58. The molecule has 2 N–H and O–H groups in total. The molecule has 0 spiro atoms. The summed E-state index contributed by atoms with van der Waals surface area (Å²) in [4.78, 5) is 33.9. The molecule has 1 aliphatic rings. The standard InChI is InChI=1S/C13H22N2O5/c1-13(2,3)20-12(18)15-9-5-8(9)6-10(16)14-7-11(17)19-4/h8-9H,5-7H2,1-4H3,(H,14,16)(H,15,18). The molecule has 0 bridgehead atoms. The molecule has 0 heterocycles. The van der Waals surface area contributed by atoms with Gasteiger partial charge >= 0.3 is 12.1 Å². The Hall–Kier alpha value is -1.79. The van der Waals surface area contributed by atoms with Crippen LogP contribution in [0, 0.1) is 5.92 Å². The number of esters is 1. The molecule has 2 atom stereocenters. The lowest BCUT2D eigenvalue weighted by Gasteiger charge is -2.19. The zero-order chi connectivity index (χ0) is 15.3. The summed E-state index contributed by atoms with van der Waals surface area (Å²) in [6.45, 7) is 5.23. The summed E-state index contributed by atoms with van der Waals surface area (Å²) in [5.74, 6) is -0.619. The van der Waals surface area contributed by atoms with E-state index in [0.29, 0.717) is 0 Å². The van der Waals surface area contributed by atoms with Gasteiger partial charge in [-0.25, -0.2) is 4.79 Å². The average Bonchev–Trinajstić information content (AvgIpc) is 3.01. The molecule has 1 saturated carbocycles. The lowest BCUT2D eigenvalue weighted by Crippen LogP contribution is -2.35. The molecular weight excluding hydrogens is 264 g/mol. The molecule has 7 nitrogen and oxygen atoms in total. The maximum atomic E-state index is 11.5. The van der Waals surface area contributed by atoms with Gasteiger partial charge in [0.05, 0.1) is 7.11 Å². The fraction of sp³-hybridized carbons (Fsp3) is 0.769. The first-order valence-electron chi connectivity index (χ1n) is 6.54. The van der Waals surface area contributed by atoms with Crippen molar-refractivity contribution in [1.29, 1.82) is 0 Å². The van der Waals surface area contributed by atoms with Gasteiger partial charge in [-0.15, -0.1) is 0 Å². The Morgan fingerprint density at radius 1 is 1.25 bits per heavy atom. The van der Waals surface area contributed by atoms with Gasteiger partial charge in [0.2, 0.25) is 5.91 Å². The molecule has 7 heteroatoms. The second-order valence-corrected chi connectivity index (χ2v) is 5.81. The monoisotopic (exact) mass is 286 g/mol. The van der Waals surface area contributed by atoms with Gasteiger partial charge in [0.15, 0.2) is 0 Å². The Kier molecular flexibility index (Phi) is 5.35. The predicted molar refractivity (Wildman–Crippen MR) is 70.9 cm³/mol. The quantitative estimate of drug-likeness (QED) is 0.721. The Bertz CT molecular complexity index is 389. The number of methoxy groups -OCH3 is 1.